The zero-order valence-corrected chi connectivity index (χ0v) is 10.4. The Hall–Kier alpha value is -0.650. The Bertz CT molecular complexity index is 206. The van der Waals surface area contributed by atoms with Crippen LogP contribution >= 0.6 is 0 Å². The number of aliphatic hydroxyl groups is 1. The smallest absolute Gasteiger partial charge is 0.126 e. The van der Waals surface area contributed by atoms with Crippen molar-refractivity contribution < 1.29 is 24.2 Å². The van der Waals surface area contributed by atoms with Gasteiger partial charge in [-0.25, -0.2) is 0 Å². The van der Waals surface area contributed by atoms with E-state index in [0.717, 1.165) is 12.8 Å². The van der Waals surface area contributed by atoms with E-state index in [0.29, 0.717) is 13.2 Å². The van der Waals surface area contributed by atoms with E-state index in [1.165, 1.54) is 0 Å². The Morgan fingerprint density at radius 3 is 2.62 bits per heavy atom. The molecule has 0 radical (unpaired) electrons. The summed E-state index contributed by atoms with van der Waals surface area (Å²) < 4.78 is 5.46. The molecule has 0 bridgehead atoms. The van der Waals surface area contributed by atoms with Crippen LogP contribution in [0.15, 0.2) is 0 Å². The van der Waals surface area contributed by atoms with E-state index in [1.54, 1.807) is 14.1 Å². The SMILES string of the molecule is CCCCOCC(O)C[N+](C)(C)CC(=O)[O-]. The first-order chi connectivity index (χ1) is 7.37. The number of hydrogen-bond acceptors (Lipinski definition) is 4. The molecule has 1 N–H and O–H groups in total. The fourth-order valence-electron chi connectivity index (χ4n) is 1.50. The van der Waals surface area contributed by atoms with Gasteiger partial charge in [-0.15, -0.1) is 0 Å². The van der Waals surface area contributed by atoms with Crippen LogP contribution in [0.1, 0.15) is 19.8 Å². The molecule has 5 heteroatoms. The fourth-order valence-corrected chi connectivity index (χ4v) is 1.50. The lowest BCUT2D eigenvalue weighted by Crippen LogP contribution is -2.52. The van der Waals surface area contributed by atoms with Gasteiger partial charge in [-0.05, 0) is 6.42 Å². The number of carbonyl (C=O) groups excluding carboxylic acids is 1. The summed E-state index contributed by atoms with van der Waals surface area (Å²) in [6.45, 7) is 3.21. The summed E-state index contributed by atoms with van der Waals surface area (Å²) in [6, 6.07) is 0. The molecule has 0 aliphatic heterocycles. The van der Waals surface area contributed by atoms with Crippen LogP contribution in [0.4, 0.5) is 0 Å². The van der Waals surface area contributed by atoms with Gasteiger partial charge < -0.3 is 24.2 Å². The van der Waals surface area contributed by atoms with E-state index in [1.807, 2.05) is 0 Å². The maximum atomic E-state index is 10.5. The topological polar surface area (TPSA) is 69.6 Å². The number of carboxylic acid groups (broad SMARTS) is 1. The second-order valence-corrected chi connectivity index (χ2v) is 4.73. The van der Waals surface area contributed by atoms with Crippen molar-refractivity contribution in [1.82, 2.24) is 0 Å². The van der Waals surface area contributed by atoms with Gasteiger partial charge in [0.25, 0.3) is 0 Å². The van der Waals surface area contributed by atoms with E-state index in [4.69, 9.17) is 4.74 Å². The van der Waals surface area contributed by atoms with Crippen LogP contribution < -0.4 is 5.11 Å². The monoisotopic (exact) mass is 233 g/mol. The Labute approximate surface area is 97.2 Å². The summed E-state index contributed by atoms with van der Waals surface area (Å²) >= 11 is 0. The van der Waals surface area contributed by atoms with Gasteiger partial charge in [0.15, 0.2) is 0 Å². The number of aliphatic carboxylic acids is 1. The molecule has 0 fully saturated rings. The van der Waals surface area contributed by atoms with Gasteiger partial charge in [0.2, 0.25) is 0 Å². The average molecular weight is 233 g/mol. The van der Waals surface area contributed by atoms with Crippen molar-refractivity contribution in [3.63, 3.8) is 0 Å². The van der Waals surface area contributed by atoms with Crippen LogP contribution in [0.25, 0.3) is 0 Å². The molecule has 0 aromatic carbocycles. The molecule has 0 rings (SSSR count). The van der Waals surface area contributed by atoms with Crippen molar-refractivity contribution in [2.45, 2.75) is 25.9 Å². The predicted molar refractivity (Wildman–Crippen MR) is 58.6 cm³/mol. The Morgan fingerprint density at radius 1 is 1.50 bits per heavy atom. The second kappa shape index (κ2) is 7.60. The summed E-state index contributed by atoms with van der Waals surface area (Å²) in [5.74, 6) is -1.11. The normalized spacial score (nSPS) is 13.8. The van der Waals surface area contributed by atoms with E-state index in [9.17, 15) is 15.0 Å². The van der Waals surface area contributed by atoms with Crippen LogP contribution in [0.3, 0.4) is 0 Å². The standard InChI is InChI=1S/C11H23NO4/c1-4-5-6-16-9-10(13)7-12(2,3)8-11(14)15/h10,13H,4-9H2,1-3H3. The van der Waals surface area contributed by atoms with Crippen molar-refractivity contribution >= 4 is 5.97 Å². The van der Waals surface area contributed by atoms with Gasteiger partial charge in [0, 0.05) is 6.61 Å². The zero-order chi connectivity index (χ0) is 12.6. The summed E-state index contributed by atoms with van der Waals surface area (Å²) in [5, 5.41) is 20.1. The molecule has 96 valence electrons. The number of rotatable bonds is 9. The van der Waals surface area contributed by atoms with Crippen LogP contribution in [-0.2, 0) is 9.53 Å². The van der Waals surface area contributed by atoms with Crippen molar-refractivity contribution in [2.75, 3.05) is 40.4 Å². The third kappa shape index (κ3) is 8.64. The summed E-state index contributed by atoms with van der Waals surface area (Å²) in [6.07, 6.45) is 1.40. The number of aliphatic hydroxyl groups excluding tert-OH is 1. The van der Waals surface area contributed by atoms with Crippen molar-refractivity contribution in [3.8, 4) is 0 Å². The molecule has 0 aliphatic carbocycles. The second-order valence-electron chi connectivity index (χ2n) is 4.73. The average Bonchev–Trinajstić information content (AvgIpc) is 2.09. The number of hydrogen-bond donors (Lipinski definition) is 1. The Balaban J connectivity index is 3.75. The minimum Gasteiger partial charge on any atom is -0.544 e. The number of nitrogens with zero attached hydrogens (tertiary/aromatic N) is 1. The Kier molecular flexibility index (Phi) is 7.29. The van der Waals surface area contributed by atoms with Crippen molar-refractivity contribution in [2.24, 2.45) is 0 Å². The molecule has 1 unspecified atom stereocenters. The quantitative estimate of drug-likeness (QED) is 0.409. The Morgan fingerprint density at radius 2 is 2.12 bits per heavy atom. The fraction of sp³-hybridized carbons (Fsp3) is 0.909. The third-order valence-electron chi connectivity index (χ3n) is 2.21. The molecule has 0 spiro atoms. The van der Waals surface area contributed by atoms with Crippen molar-refractivity contribution in [1.29, 1.82) is 0 Å². The van der Waals surface area contributed by atoms with Gasteiger partial charge >= 0.3 is 0 Å². The predicted octanol–water partition coefficient (Wildman–Crippen LogP) is -1.01. The third-order valence-corrected chi connectivity index (χ3v) is 2.21. The zero-order valence-electron chi connectivity index (χ0n) is 10.4. The molecule has 1 atom stereocenters. The highest BCUT2D eigenvalue weighted by atomic mass is 16.5. The van der Waals surface area contributed by atoms with Crippen LogP contribution in [0.5, 0.6) is 0 Å². The summed E-state index contributed by atoms with van der Waals surface area (Å²) in [5.41, 5.74) is 0. The molecular formula is C11H23NO4. The number of quaternary nitrogens is 1. The highest BCUT2D eigenvalue weighted by Gasteiger charge is 2.20. The molecule has 5 nitrogen and oxygen atoms in total. The van der Waals surface area contributed by atoms with Gasteiger partial charge in [0.1, 0.15) is 19.2 Å². The van der Waals surface area contributed by atoms with E-state index in [2.05, 4.69) is 6.92 Å². The van der Waals surface area contributed by atoms with Gasteiger partial charge in [-0.1, -0.05) is 13.3 Å². The summed E-state index contributed by atoms with van der Waals surface area (Å²) in [7, 11) is 3.48. The molecule has 0 saturated carbocycles. The molecule has 16 heavy (non-hydrogen) atoms. The van der Waals surface area contributed by atoms with E-state index in [-0.39, 0.29) is 17.6 Å². The number of carbonyl (C=O) groups is 1. The maximum Gasteiger partial charge on any atom is 0.126 e. The van der Waals surface area contributed by atoms with Crippen LogP contribution in [0, 0.1) is 0 Å². The lowest BCUT2D eigenvalue weighted by atomic mass is 10.3. The number of likely N-dealkylation sites (N-methyl/N-ethyl adjacent to an activating group) is 1. The molecule has 0 heterocycles. The van der Waals surface area contributed by atoms with Crippen LogP contribution in [0.2, 0.25) is 0 Å². The lowest BCUT2D eigenvalue weighted by Gasteiger charge is -2.31. The number of unbranched alkanes of at least 4 members (excludes halogenated alkanes) is 1. The molecule has 0 aromatic heterocycles. The largest absolute Gasteiger partial charge is 0.544 e. The highest BCUT2D eigenvalue weighted by Crippen LogP contribution is 2.00. The first-order valence-electron chi connectivity index (χ1n) is 5.65. The van der Waals surface area contributed by atoms with Gasteiger partial charge in [-0.3, -0.25) is 0 Å². The molecule has 0 aromatic rings. The number of carboxylic acids is 1. The van der Waals surface area contributed by atoms with Crippen molar-refractivity contribution in [3.05, 3.63) is 0 Å². The van der Waals surface area contributed by atoms with Crippen LogP contribution in [-0.4, -0.2) is 62.1 Å². The molecular weight excluding hydrogens is 210 g/mol. The maximum absolute atomic E-state index is 10.5. The molecule has 0 aliphatic rings. The van der Waals surface area contributed by atoms with Gasteiger partial charge in [-0.2, -0.15) is 0 Å². The van der Waals surface area contributed by atoms with Gasteiger partial charge in [0.05, 0.1) is 26.7 Å². The van der Waals surface area contributed by atoms with E-state index < -0.39 is 12.1 Å². The summed E-state index contributed by atoms with van der Waals surface area (Å²) in [4.78, 5) is 10.5. The van der Waals surface area contributed by atoms with E-state index >= 15 is 0 Å². The first kappa shape index (κ1) is 15.3. The minimum absolute atomic E-state index is 0.105. The number of ether oxygens (including phenoxy) is 1. The minimum atomic E-state index is -1.11. The first-order valence-corrected chi connectivity index (χ1v) is 5.65. The molecule has 0 amide bonds. The molecule has 0 saturated heterocycles. The highest BCUT2D eigenvalue weighted by molar-refractivity contribution is 5.65. The lowest BCUT2D eigenvalue weighted by molar-refractivity contribution is -0.887.